The van der Waals surface area contributed by atoms with Crippen molar-refractivity contribution in [1.29, 1.82) is 0 Å². The Hall–Kier alpha value is -3.51. The van der Waals surface area contributed by atoms with Crippen LogP contribution in [0.2, 0.25) is 0 Å². The Morgan fingerprint density at radius 2 is 1.83 bits per heavy atom. The minimum Gasteiger partial charge on any atom is -0.480 e. The van der Waals surface area contributed by atoms with Crippen molar-refractivity contribution in [3.8, 4) is 0 Å². The second-order valence-electron chi connectivity index (χ2n) is 9.06. The van der Waals surface area contributed by atoms with Gasteiger partial charge in [-0.15, -0.1) is 0 Å². The highest BCUT2D eigenvalue weighted by molar-refractivity contribution is 7.89. The average Bonchev–Trinajstić information content (AvgIpc) is 3.30. The molecule has 2 aromatic rings. The van der Waals surface area contributed by atoms with Crippen molar-refractivity contribution >= 4 is 33.4 Å². The Bertz CT molecular complexity index is 1200. The third-order valence-corrected chi connectivity index (χ3v) is 7.96. The fourth-order valence-electron chi connectivity index (χ4n) is 4.37. The van der Waals surface area contributed by atoms with Crippen LogP contribution in [0, 0.1) is 5.92 Å². The van der Waals surface area contributed by atoms with Crippen LogP contribution >= 0.6 is 0 Å². The molecule has 0 saturated heterocycles. The molecule has 2 aliphatic rings. The van der Waals surface area contributed by atoms with E-state index in [1.165, 1.54) is 24.3 Å². The molecule has 0 radical (unpaired) electrons. The largest absolute Gasteiger partial charge is 0.480 e. The van der Waals surface area contributed by atoms with Crippen molar-refractivity contribution in [1.82, 2.24) is 15.0 Å². The van der Waals surface area contributed by atoms with Gasteiger partial charge in [0, 0.05) is 25.7 Å². The molecule has 1 saturated carbocycles. The zero-order valence-electron chi connectivity index (χ0n) is 19.6. The molecule has 1 spiro atoms. The second-order valence-corrected chi connectivity index (χ2v) is 10.8. The predicted molar refractivity (Wildman–Crippen MR) is 132 cm³/mol. The number of oxime groups is 1. The summed E-state index contributed by atoms with van der Waals surface area (Å²) in [6.45, 7) is 0.365. The van der Waals surface area contributed by atoms with E-state index in [4.69, 9.17) is 4.84 Å². The predicted octanol–water partition coefficient (Wildman–Crippen LogP) is 1.75. The van der Waals surface area contributed by atoms with Crippen molar-refractivity contribution in [2.75, 3.05) is 18.4 Å². The van der Waals surface area contributed by atoms with E-state index < -0.39 is 40.1 Å². The molecule has 192 valence electrons. The molecule has 11 nitrogen and oxygen atoms in total. The monoisotopic (exact) mass is 515 g/mol. The van der Waals surface area contributed by atoms with Crippen molar-refractivity contribution in [3.63, 3.8) is 0 Å². The van der Waals surface area contributed by atoms with Gasteiger partial charge in [0.1, 0.15) is 23.2 Å². The number of rotatable bonds is 10. The van der Waals surface area contributed by atoms with Crippen LogP contribution in [0.1, 0.15) is 32.1 Å². The lowest BCUT2D eigenvalue weighted by molar-refractivity contribution is -0.138. The van der Waals surface area contributed by atoms with Gasteiger partial charge in [0.15, 0.2) is 0 Å². The third kappa shape index (κ3) is 6.38. The summed E-state index contributed by atoms with van der Waals surface area (Å²) in [4.78, 5) is 34.2. The Morgan fingerprint density at radius 1 is 1.11 bits per heavy atom. The van der Waals surface area contributed by atoms with Crippen LogP contribution in [0.15, 0.2) is 64.8 Å². The van der Waals surface area contributed by atoms with Gasteiger partial charge in [0.2, 0.25) is 10.0 Å². The van der Waals surface area contributed by atoms with Crippen molar-refractivity contribution < 1.29 is 28.0 Å². The number of nitrogens with one attached hydrogen (secondary N) is 3. The van der Waals surface area contributed by atoms with E-state index in [1.54, 1.807) is 12.3 Å². The molecular weight excluding hydrogens is 486 g/mol. The first kappa shape index (κ1) is 25.6. The minimum atomic E-state index is -4.07. The molecule has 1 fully saturated rings. The molecular formula is C24H29N5O6S. The third-order valence-electron chi connectivity index (χ3n) is 6.47. The van der Waals surface area contributed by atoms with E-state index >= 15 is 0 Å². The maximum absolute atomic E-state index is 12.6. The topological polar surface area (TPSA) is 159 Å². The number of pyridine rings is 1. The Morgan fingerprint density at radius 3 is 2.50 bits per heavy atom. The normalized spacial score (nSPS) is 22.3. The summed E-state index contributed by atoms with van der Waals surface area (Å²) in [5.74, 6) is -0.694. The fraction of sp³-hybridized carbons (Fsp3) is 0.417. The molecule has 1 amide bonds. The van der Waals surface area contributed by atoms with E-state index in [0.29, 0.717) is 12.3 Å². The van der Waals surface area contributed by atoms with Crippen molar-refractivity contribution in [3.05, 3.63) is 54.7 Å². The summed E-state index contributed by atoms with van der Waals surface area (Å²) >= 11 is 0. The number of anilines is 1. The number of nitrogens with zero attached hydrogens (tertiary/aromatic N) is 2. The number of aromatic nitrogens is 1. The molecule has 2 heterocycles. The summed E-state index contributed by atoms with van der Waals surface area (Å²) < 4.78 is 27.0. The number of carboxylic acid groups (broad SMARTS) is 1. The molecule has 36 heavy (non-hydrogen) atoms. The van der Waals surface area contributed by atoms with E-state index in [9.17, 15) is 23.1 Å². The molecule has 1 aromatic heterocycles. The molecule has 0 unspecified atom stereocenters. The number of hydrogen-bond donors (Lipinski definition) is 4. The van der Waals surface area contributed by atoms with Crippen LogP contribution in [0.25, 0.3) is 0 Å². The van der Waals surface area contributed by atoms with Gasteiger partial charge in [-0.25, -0.2) is 13.4 Å². The van der Waals surface area contributed by atoms with E-state index in [-0.39, 0.29) is 10.6 Å². The van der Waals surface area contributed by atoms with Crippen molar-refractivity contribution in [2.24, 2.45) is 11.1 Å². The number of hydrogen-bond acceptors (Lipinski definition) is 8. The fourth-order valence-corrected chi connectivity index (χ4v) is 5.58. The number of carbonyl (C=O) groups excluding carboxylic acids is 1. The zero-order chi connectivity index (χ0) is 25.6. The molecule has 1 aliphatic carbocycles. The van der Waals surface area contributed by atoms with Crippen molar-refractivity contribution in [2.45, 2.75) is 48.6 Å². The molecule has 4 N–H and O–H groups in total. The number of benzene rings is 1. The molecule has 0 bridgehead atoms. The molecule has 4 rings (SSSR count). The Labute approximate surface area is 209 Å². The minimum absolute atomic E-state index is 0.0658. The average molecular weight is 516 g/mol. The van der Waals surface area contributed by atoms with Crippen LogP contribution in [0.3, 0.4) is 0 Å². The maximum atomic E-state index is 12.6. The van der Waals surface area contributed by atoms with Crippen LogP contribution in [0.5, 0.6) is 0 Å². The molecule has 1 atom stereocenters. The first-order chi connectivity index (χ1) is 17.3. The summed E-state index contributed by atoms with van der Waals surface area (Å²) in [6.07, 6.45) is 5.38. The lowest BCUT2D eigenvalue weighted by atomic mass is 9.76. The Kier molecular flexibility index (Phi) is 7.85. The number of sulfonamides is 1. The van der Waals surface area contributed by atoms with Gasteiger partial charge in [-0.2, -0.15) is 4.72 Å². The van der Waals surface area contributed by atoms with Gasteiger partial charge >= 0.3 is 5.97 Å². The van der Waals surface area contributed by atoms with E-state index in [0.717, 1.165) is 38.0 Å². The van der Waals surface area contributed by atoms with Crippen LogP contribution in [-0.4, -0.2) is 60.8 Å². The van der Waals surface area contributed by atoms with Crippen LogP contribution in [0.4, 0.5) is 5.82 Å². The maximum Gasteiger partial charge on any atom is 0.323 e. The standard InChI is InChI=1S/C24H29N5O6S/c30-22(27-16-20(23(31)32)29-36(33,34)18-6-2-1-3-7-18)19-14-24(35-28-19)11-9-17(10-12-24)15-26-21-8-4-5-13-25-21/h1-8,13,17,20,29H,9-12,14-16H2,(H,25,26)(H,27,30)(H,31,32)/t17?,20-,24?/m0/s1. The number of carbonyl (C=O) groups is 2. The highest BCUT2D eigenvalue weighted by Gasteiger charge is 2.44. The first-order valence-corrected chi connectivity index (χ1v) is 13.2. The van der Waals surface area contributed by atoms with Gasteiger partial charge in [-0.05, 0) is 55.9 Å². The Balaban J connectivity index is 1.24. The van der Waals surface area contributed by atoms with Gasteiger partial charge in [0.25, 0.3) is 5.91 Å². The first-order valence-electron chi connectivity index (χ1n) is 11.7. The van der Waals surface area contributed by atoms with Gasteiger partial charge in [-0.3, -0.25) is 9.59 Å². The second kappa shape index (κ2) is 11.0. The quantitative estimate of drug-likeness (QED) is 0.372. The molecule has 12 heteroatoms. The smallest absolute Gasteiger partial charge is 0.323 e. The summed E-state index contributed by atoms with van der Waals surface area (Å²) in [6, 6.07) is 11.6. The SMILES string of the molecule is O=C(NC[C@H](NS(=O)(=O)c1ccccc1)C(=O)O)C1=NOC2(CCC(CNc3ccccn3)CC2)C1. The van der Waals surface area contributed by atoms with E-state index in [1.807, 2.05) is 18.2 Å². The summed E-state index contributed by atoms with van der Waals surface area (Å²) in [7, 11) is -4.07. The lowest BCUT2D eigenvalue weighted by Crippen LogP contribution is -2.49. The summed E-state index contributed by atoms with van der Waals surface area (Å²) in [5, 5.41) is 19.2. The molecule has 1 aliphatic heterocycles. The van der Waals surface area contributed by atoms with Gasteiger partial charge in [0.05, 0.1) is 4.90 Å². The molecule has 1 aromatic carbocycles. The van der Waals surface area contributed by atoms with Gasteiger partial charge in [-0.1, -0.05) is 29.4 Å². The van der Waals surface area contributed by atoms with E-state index in [2.05, 4.69) is 25.5 Å². The lowest BCUT2D eigenvalue weighted by Gasteiger charge is -2.34. The highest BCUT2D eigenvalue weighted by Crippen LogP contribution is 2.40. The zero-order valence-corrected chi connectivity index (χ0v) is 20.4. The highest BCUT2D eigenvalue weighted by atomic mass is 32.2. The summed E-state index contributed by atoms with van der Waals surface area (Å²) in [5.41, 5.74) is -0.356. The number of amides is 1. The number of carboxylic acids is 1. The van der Waals surface area contributed by atoms with Gasteiger partial charge < -0.3 is 20.6 Å². The van der Waals surface area contributed by atoms with Crippen LogP contribution < -0.4 is 15.4 Å². The number of aliphatic carboxylic acids is 1. The van der Waals surface area contributed by atoms with Crippen LogP contribution in [-0.2, 0) is 24.4 Å².